The molecule has 0 spiro atoms. The van der Waals surface area contributed by atoms with E-state index in [-0.39, 0.29) is 12.0 Å². The Kier molecular flexibility index (Phi) is 8.87. The number of rotatable bonds is 9. The van der Waals surface area contributed by atoms with E-state index in [1.165, 1.54) is 28.4 Å². The van der Waals surface area contributed by atoms with Crippen molar-refractivity contribution in [1.29, 1.82) is 0 Å². The van der Waals surface area contributed by atoms with Crippen LogP contribution in [0.1, 0.15) is 46.6 Å². The highest BCUT2D eigenvalue weighted by molar-refractivity contribution is 5.81. The quantitative estimate of drug-likeness (QED) is 0.250. The van der Waals surface area contributed by atoms with Crippen LogP contribution in [0.15, 0.2) is 95.8 Å². The number of esters is 1. The van der Waals surface area contributed by atoms with Gasteiger partial charge in [-0.25, -0.2) is 4.79 Å². The summed E-state index contributed by atoms with van der Waals surface area (Å²) in [7, 11) is 0. The minimum absolute atomic E-state index is 0.215. The molecule has 0 heterocycles. The van der Waals surface area contributed by atoms with Gasteiger partial charge in [-0.05, 0) is 64.8 Å². The van der Waals surface area contributed by atoms with Gasteiger partial charge in [0.05, 0.1) is 12.6 Å². The Hall–Kier alpha value is -3.07. The van der Waals surface area contributed by atoms with E-state index in [1.807, 2.05) is 0 Å². The van der Waals surface area contributed by atoms with Gasteiger partial charge >= 0.3 is 5.97 Å². The fraction of sp³-hybridized carbons (Fsp3) is 0.321. The number of hydrogen-bond donors (Lipinski definition) is 0. The first-order valence-electron chi connectivity index (χ1n) is 10.8. The molecule has 0 radical (unpaired) electrons. The largest absolute Gasteiger partial charge is 0.462 e. The zero-order valence-corrected chi connectivity index (χ0v) is 19.6. The Labute approximate surface area is 187 Å². The zero-order valence-electron chi connectivity index (χ0n) is 19.6. The van der Waals surface area contributed by atoms with Crippen LogP contribution in [0.5, 0.6) is 0 Å². The highest BCUT2D eigenvalue weighted by Gasteiger charge is 2.21. The average molecular weight is 418 g/mol. The number of ether oxygens (including phenoxy) is 1. The first kappa shape index (κ1) is 24.2. The van der Waals surface area contributed by atoms with Crippen LogP contribution in [-0.2, 0) is 16.0 Å². The topological polar surface area (TPSA) is 29.5 Å². The maximum atomic E-state index is 11.2. The van der Waals surface area contributed by atoms with Crippen molar-refractivity contribution >= 4 is 11.7 Å². The summed E-state index contributed by atoms with van der Waals surface area (Å²) in [6.07, 6.45) is 11.7. The molecule has 0 aromatic heterocycles. The fourth-order valence-corrected chi connectivity index (χ4v) is 3.32. The van der Waals surface area contributed by atoms with E-state index in [1.54, 1.807) is 0 Å². The Morgan fingerprint density at radius 3 is 2.39 bits per heavy atom. The average Bonchev–Trinajstić information content (AvgIpc) is 2.75. The normalized spacial score (nSPS) is 15.7. The van der Waals surface area contributed by atoms with Crippen LogP contribution >= 0.6 is 0 Å². The third-order valence-electron chi connectivity index (χ3n) is 5.70. The van der Waals surface area contributed by atoms with Gasteiger partial charge < -0.3 is 9.64 Å². The van der Waals surface area contributed by atoms with Crippen molar-refractivity contribution in [2.24, 2.45) is 0 Å². The van der Waals surface area contributed by atoms with Crippen molar-refractivity contribution in [1.82, 2.24) is 0 Å². The summed E-state index contributed by atoms with van der Waals surface area (Å²) < 4.78 is 5.09. The molecule has 3 nitrogen and oxygen atoms in total. The number of carbonyl (C=O) groups excluding carboxylic acids is 1. The molecule has 1 aromatic rings. The summed E-state index contributed by atoms with van der Waals surface area (Å²) in [5.41, 5.74) is 8.35. The Balaban J connectivity index is 2.26. The summed E-state index contributed by atoms with van der Waals surface area (Å²) in [4.78, 5) is 13.5. The van der Waals surface area contributed by atoms with E-state index < -0.39 is 0 Å². The van der Waals surface area contributed by atoms with Crippen molar-refractivity contribution in [3.05, 3.63) is 101 Å². The number of carbonyl (C=O) groups is 1. The minimum Gasteiger partial charge on any atom is -0.462 e. The third kappa shape index (κ3) is 6.99. The second-order valence-electron chi connectivity index (χ2n) is 8.21. The molecule has 1 aromatic carbocycles. The lowest BCUT2D eigenvalue weighted by molar-refractivity contribution is -0.137. The molecule has 3 heteroatoms. The highest BCUT2D eigenvalue weighted by Crippen LogP contribution is 2.30. The standard InChI is InChI=1S/C28H35NO2/c1-8-28(30)31-18-17-25-12-15-26(16-13-25)29(24(7)11-9-21(4)20(2)3)27-14-10-22(5)23(6)19-27/h8-13,15-16,19,27H,1,7,14,17-18H2,2-6H3/b11-9-. The van der Waals surface area contributed by atoms with Gasteiger partial charge in [0.1, 0.15) is 0 Å². The first-order valence-corrected chi connectivity index (χ1v) is 10.8. The predicted octanol–water partition coefficient (Wildman–Crippen LogP) is 6.86. The van der Waals surface area contributed by atoms with Crippen LogP contribution in [0, 0.1) is 0 Å². The molecule has 0 saturated carbocycles. The predicted molar refractivity (Wildman–Crippen MR) is 132 cm³/mol. The Morgan fingerprint density at radius 1 is 1.13 bits per heavy atom. The molecule has 0 fully saturated rings. The van der Waals surface area contributed by atoms with Crippen LogP contribution < -0.4 is 4.90 Å². The smallest absolute Gasteiger partial charge is 0.330 e. The third-order valence-corrected chi connectivity index (χ3v) is 5.70. The minimum atomic E-state index is -0.389. The number of nitrogens with zero attached hydrogens (tertiary/aromatic N) is 1. The molecule has 1 unspecified atom stereocenters. The van der Waals surface area contributed by atoms with Crippen LogP contribution in [0.3, 0.4) is 0 Å². The van der Waals surface area contributed by atoms with Crippen molar-refractivity contribution in [3.63, 3.8) is 0 Å². The number of anilines is 1. The van der Waals surface area contributed by atoms with E-state index in [2.05, 4.69) is 101 Å². The number of benzene rings is 1. The van der Waals surface area contributed by atoms with Crippen molar-refractivity contribution in [2.45, 2.75) is 53.5 Å². The van der Waals surface area contributed by atoms with Gasteiger partial charge in [0.25, 0.3) is 0 Å². The lowest BCUT2D eigenvalue weighted by Crippen LogP contribution is -2.33. The van der Waals surface area contributed by atoms with Gasteiger partial charge in [-0.1, -0.05) is 65.8 Å². The van der Waals surface area contributed by atoms with Gasteiger partial charge in [0, 0.05) is 23.9 Å². The zero-order chi connectivity index (χ0) is 23.0. The second-order valence-corrected chi connectivity index (χ2v) is 8.21. The molecular weight excluding hydrogens is 382 g/mol. The molecular formula is C28H35NO2. The highest BCUT2D eigenvalue weighted by atomic mass is 16.5. The van der Waals surface area contributed by atoms with E-state index in [4.69, 9.17) is 4.74 Å². The van der Waals surface area contributed by atoms with E-state index >= 15 is 0 Å². The molecule has 1 aliphatic carbocycles. The Morgan fingerprint density at radius 2 is 1.81 bits per heavy atom. The molecule has 0 saturated heterocycles. The summed E-state index contributed by atoms with van der Waals surface area (Å²) in [6.45, 7) is 18.8. The van der Waals surface area contributed by atoms with Gasteiger partial charge in [0.15, 0.2) is 0 Å². The van der Waals surface area contributed by atoms with Crippen molar-refractivity contribution in [2.75, 3.05) is 11.5 Å². The summed E-state index contributed by atoms with van der Waals surface area (Å²) in [6, 6.07) is 8.62. The van der Waals surface area contributed by atoms with Crippen molar-refractivity contribution < 1.29 is 9.53 Å². The van der Waals surface area contributed by atoms with Gasteiger partial charge in [-0.2, -0.15) is 0 Å². The lowest BCUT2D eigenvalue weighted by atomic mass is 9.95. The maximum Gasteiger partial charge on any atom is 0.330 e. The van der Waals surface area contributed by atoms with Gasteiger partial charge in [-0.3, -0.25) is 0 Å². The molecule has 1 aliphatic rings. The van der Waals surface area contributed by atoms with Crippen LogP contribution in [-0.4, -0.2) is 18.6 Å². The monoisotopic (exact) mass is 417 g/mol. The number of hydrogen-bond acceptors (Lipinski definition) is 3. The summed E-state index contributed by atoms with van der Waals surface area (Å²) in [5.74, 6) is -0.389. The molecule has 31 heavy (non-hydrogen) atoms. The molecule has 0 bridgehead atoms. The molecule has 1 atom stereocenters. The number of allylic oxidation sites excluding steroid dienone is 6. The maximum absolute atomic E-state index is 11.2. The van der Waals surface area contributed by atoms with Crippen LogP contribution in [0.2, 0.25) is 0 Å². The van der Waals surface area contributed by atoms with Gasteiger partial charge in [0.2, 0.25) is 0 Å². The van der Waals surface area contributed by atoms with Crippen molar-refractivity contribution in [3.8, 4) is 0 Å². The first-order chi connectivity index (χ1) is 14.7. The Bertz CT molecular complexity index is 938. The molecule has 0 amide bonds. The SMILES string of the molecule is C=CC(=O)OCCc1ccc(N(C(=C)/C=C\C(C)=C(C)C)C2C=C(C)C(C)=CC2)cc1. The van der Waals surface area contributed by atoms with Crippen LogP contribution in [0.25, 0.3) is 0 Å². The molecule has 0 aliphatic heterocycles. The molecule has 0 N–H and O–H groups in total. The molecule has 2 rings (SSSR count). The second kappa shape index (κ2) is 11.4. The lowest BCUT2D eigenvalue weighted by Gasteiger charge is -2.34. The summed E-state index contributed by atoms with van der Waals surface area (Å²) in [5, 5.41) is 0. The van der Waals surface area contributed by atoms with E-state index in [0.717, 1.165) is 23.4 Å². The van der Waals surface area contributed by atoms with Gasteiger partial charge in [-0.15, -0.1) is 0 Å². The van der Waals surface area contributed by atoms with Crippen LogP contribution in [0.4, 0.5) is 5.69 Å². The van der Waals surface area contributed by atoms with E-state index in [9.17, 15) is 4.79 Å². The summed E-state index contributed by atoms with van der Waals surface area (Å²) >= 11 is 0. The molecule has 164 valence electrons. The fourth-order valence-electron chi connectivity index (χ4n) is 3.32. The van der Waals surface area contributed by atoms with E-state index in [0.29, 0.717) is 13.0 Å².